The minimum atomic E-state index is -1.34. The molecule has 0 spiro atoms. The van der Waals surface area contributed by atoms with Crippen LogP contribution in [0.3, 0.4) is 0 Å². The van der Waals surface area contributed by atoms with Crippen molar-refractivity contribution in [3.63, 3.8) is 0 Å². The topological polar surface area (TPSA) is 244 Å². The lowest BCUT2D eigenvalue weighted by molar-refractivity contribution is -0.0916. The number of fused-ring (bicyclic) bond motifs is 2. The summed E-state index contributed by atoms with van der Waals surface area (Å²) < 4.78 is 0. The summed E-state index contributed by atoms with van der Waals surface area (Å²) in [4.78, 5) is 26.7. The van der Waals surface area contributed by atoms with Gasteiger partial charge in [-0.05, 0) is 24.3 Å². The highest BCUT2D eigenvalue weighted by molar-refractivity contribution is 9.09. The van der Waals surface area contributed by atoms with Crippen molar-refractivity contribution in [3.05, 3.63) is 46.5 Å². The van der Waals surface area contributed by atoms with Crippen molar-refractivity contribution in [2.24, 2.45) is 0 Å². The second-order valence-electron chi connectivity index (χ2n) is 9.65. The summed E-state index contributed by atoms with van der Waals surface area (Å²) >= 11 is 5.88. The number of anilines is 2. The summed E-state index contributed by atoms with van der Waals surface area (Å²) in [5.74, 6) is -1.86. The van der Waals surface area contributed by atoms with E-state index in [-0.39, 0.29) is 57.6 Å². The molecular formula is C28H40Br2N4O10. The predicted octanol–water partition coefficient (Wildman–Crippen LogP) is -0.919. The Hall–Kier alpha value is -2.38. The number of rotatable bonds is 17. The number of phenolic OH excluding ortho intramolecular Hbond substituents is 2. The second kappa shape index (κ2) is 19.2. The van der Waals surface area contributed by atoms with Crippen molar-refractivity contribution in [1.29, 1.82) is 0 Å². The van der Waals surface area contributed by atoms with E-state index < -0.39 is 36.0 Å². The van der Waals surface area contributed by atoms with E-state index in [0.717, 1.165) is 0 Å². The molecule has 12 N–H and O–H groups in total. The summed E-state index contributed by atoms with van der Waals surface area (Å²) in [7, 11) is 0. The highest BCUT2D eigenvalue weighted by Crippen LogP contribution is 2.42. The summed E-state index contributed by atoms with van der Waals surface area (Å²) in [5.41, 5.74) is 0.678. The van der Waals surface area contributed by atoms with E-state index >= 15 is 0 Å². The number of carbonyl (C=O) groups is 2. The first-order valence-corrected chi connectivity index (χ1v) is 16.1. The molecule has 0 amide bonds. The van der Waals surface area contributed by atoms with Gasteiger partial charge < -0.3 is 62.1 Å². The first kappa shape index (κ1) is 37.8. The molecule has 246 valence electrons. The number of benzene rings is 2. The number of phenols is 2. The Balaban J connectivity index is 0.000000477. The molecule has 0 radical (unpaired) electrons. The summed E-state index contributed by atoms with van der Waals surface area (Å²) in [6.07, 6.45) is -4.82. The lowest BCUT2D eigenvalue weighted by Crippen LogP contribution is -2.45. The van der Waals surface area contributed by atoms with Crippen LogP contribution in [0.15, 0.2) is 24.3 Å². The molecule has 2 aromatic carbocycles. The van der Waals surface area contributed by atoms with Crippen molar-refractivity contribution in [2.45, 2.75) is 24.4 Å². The Morgan fingerprint density at radius 3 is 1.25 bits per heavy atom. The van der Waals surface area contributed by atoms with Gasteiger partial charge in [0.2, 0.25) is 11.6 Å². The van der Waals surface area contributed by atoms with Crippen molar-refractivity contribution in [2.75, 3.05) is 73.8 Å². The summed E-state index contributed by atoms with van der Waals surface area (Å²) in [6.45, 7) is 2.81. The number of aromatic hydroxyl groups is 2. The molecule has 4 atom stereocenters. The monoisotopic (exact) mass is 750 g/mol. The van der Waals surface area contributed by atoms with Gasteiger partial charge in [0.05, 0.1) is 47.7 Å². The number of nitrogens with one attached hydrogen (secondary N) is 4. The van der Waals surface area contributed by atoms with Crippen LogP contribution in [0.4, 0.5) is 11.4 Å². The smallest absolute Gasteiger partial charge is 0.200 e. The molecule has 44 heavy (non-hydrogen) atoms. The molecule has 4 unspecified atom stereocenters. The van der Waals surface area contributed by atoms with Crippen molar-refractivity contribution >= 4 is 54.8 Å². The number of ketones is 2. The third-order valence-corrected chi connectivity index (χ3v) is 7.87. The number of aliphatic hydroxyl groups is 6. The van der Waals surface area contributed by atoms with Gasteiger partial charge in [0.25, 0.3) is 0 Å². The Morgan fingerprint density at radius 1 is 0.568 bits per heavy atom. The van der Waals surface area contributed by atoms with Crippen LogP contribution in [0.5, 0.6) is 11.5 Å². The van der Waals surface area contributed by atoms with Gasteiger partial charge >= 0.3 is 0 Å². The van der Waals surface area contributed by atoms with Crippen molar-refractivity contribution < 1.29 is 50.4 Å². The van der Waals surface area contributed by atoms with Gasteiger partial charge in [-0.2, -0.15) is 0 Å². The molecule has 0 aromatic heterocycles. The minimum Gasteiger partial charge on any atom is -0.507 e. The number of hydrogen-bond acceptors (Lipinski definition) is 14. The van der Waals surface area contributed by atoms with Gasteiger partial charge in [0.1, 0.15) is 23.7 Å². The fraction of sp³-hybridized carbons (Fsp3) is 0.500. The van der Waals surface area contributed by atoms with Crippen molar-refractivity contribution in [1.82, 2.24) is 10.6 Å². The van der Waals surface area contributed by atoms with E-state index in [1.807, 2.05) is 0 Å². The average Bonchev–Trinajstić information content (AvgIpc) is 3.03. The zero-order chi connectivity index (χ0) is 32.8. The molecule has 3 rings (SSSR count). The molecule has 1 aliphatic rings. The Morgan fingerprint density at radius 2 is 0.932 bits per heavy atom. The molecule has 0 heterocycles. The minimum absolute atomic E-state index is 0.00939. The maximum Gasteiger partial charge on any atom is 0.200 e. The highest BCUT2D eigenvalue weighted by Gasteiger charge is 2.38. The zero-order valence-corrected chi connectivity index (χ0v) is 27.0. The van der Waals surface area contributed by atoms with Crippen LogP contribution in [-0.2, 0) is 0 Å². The highest BCUT2D eigenvalue weighted by atomic mass is 79.9. The maximum absolute atomic E-state index is 13.4. The maximum atomic E-state index is 13.4. The molecule has 16 heteroatoms. The van der Waals surface area contributed by atoms with Crippen LogP contribution in [0, 0.1) is 0 Å². The third-order valence-electron chi connectivity index (χ3n) is 6.54. The van der Waals surface area contributed by atoms with E-state index in [1.54, 1.807) is 12.1 Å². The van der Waals surface area contributed by atoms with Crippen LogP contribution in [-0.4, -0.2) is 140 Å². The van der Waals surface area contributed by atoms with Gasteiger partial charge in [0, 0.05) is 61.3 Å². The Kier molecular flexibility index (Phi) is 16.5. The van der Waals surface area contributed by atoms with Crippen LogP contribution < -0.4 is 21.3 Å². The van der Waals surface area contributed by atoms with Crippen molar-refractivity contribution in [3.8, 4) is 11.5 Å². The Bertz CT molecular complexity index is 1150. The average molecular weight is 752 g/mol. The first-order valence-electron chi connectivity index (χ1n) is 13.8. The number of hydrogen-bond donors (Lipinski definition) is 12. The van der Waals surface area contributed by atoms with Crippen LogP contribution in [0.2, 0.25) is 0 Å². The van der Waals surface area contributed by atoms with E-state index in [1.165, 1.54) is 12.1 Å². The molecule has 0 bridgehead atoms. The molecule has 1 aliphatic carbocycles. The van der Waals surface area contributed by atoms with Crippen LogP contribution >= 0.6 is 31.9 Å². The lowest BCUT2D eigenvalue weighted by Gasteiger charge is -2.25. The molecule has 2 aromatic rings. The number of alkyl halides is 2. The van der Waals surface area contributed by atoms with Gasteiger partial charge in [-0.3, -0.25) is 9.59 Å². The Labute approximate surface area is 271 Å². The standard InChI is InChI=1S/C22H28N4O6.C6H12Br2O4/c27-11-9-23-5-7-25-13-1-2-14(26-8-6-24-10-12-28)18-17(13)21(31)19-15(29)3-4-16(30)20(19)22(18)32;7-1-3(9)5(11)6(12)4(10)2-8/h1-4,23-30H,5-12H2;3-6,9-12H,1-2H2. The van der Waals surface area contributed by atoms with E-state index in [4.69, 9.17) is 20.4 Å². The van der Waals surface area contributed by atoms with E-state index in [2.05, 4.69) is 53.1 Å². The summed E-state index contributed by atoms with van der Waals surface area (Å²) in [5, 5.41) is 87.3. The van der Waals surface area contributed by atoms with E-state index in [9.17, 15) is 30.0 Å². The SMILES string of the molecule is O=C1c2c(O)ccc(O)c2C(=O)c2c(NCCNCCO)ccc(NCCNCCO)c21.OC(CBr)C(O)C(O)C(O)CBr. The summed E-state index contributed by atoms with van der Waals surface area (Å²) in [6, 6.07) is 5.74. The fourth-order valence-electron chi connectivity index (χ4n) is 4.28. The molecule has 0 saturated heterocycles. The molecule has 14 nitrogen and oxygen atoms in total. The van der Waals surface area contributed by atoms with Gasteiger partial charge in [-0.15, -0.1) is 0 Å². The van der Waals surface area contributed by atoms with E-state index in [0.29, 0.717) is 50.6 Å². The molecular weight excluding hydrogens is 712 g/mol. The van der Waals surface area contributed by atoms with Gasteiger partial charge in [-0.1, -0.05) is 31.9 Å². The number of carbonyl (C=O) groups excluding carboxylic acids is 2. The quantitative estimate of drug-likeness (QED) is 0.0454. The van der Waals surface area contributed by atoms with Crippen LogP contribution in [0.1, 0.15) is 31.8 Å². The first-order chi connectivity index (χ1) is 21.0. The van der Waals surface area contributed by atoms with Gasteiger partial charge in [0.15, 0.2) is 0 Å². The second-order valence-corrected chi connectivity index (χ2v) is 10.9. The normalized spacial score (nSPS) is 14.9. The molecule has 0 aliphatic heterocycles. The van der Waals surface area contributed by atoms with Crippen LogP contribution in [0.25, 0.3) is 0 Å². The lowest BCUT2D eigenvalue weighted by atomic mass is 9.81. The zero-order valence-electron chi connectivity index (χ0n) is 23.8. The third kappa shape index (κ3) is 9.81. The largest absolute Gasteiger partial charge is 0.507 e. The molecule has 0 saturated carbocycles. The number of halogens is 2. The van der Waals surface area contributed by atoms with Gasteiger partial charge in [-0.25, -0.2) is 0 Å². The molecule has 0 fully saturated rings. The fourth-order valence-corrected chi connectivity index (χ4v) is 5.04. The number of aliphatic hydroxyl groups excluding tert-OH is 6. The predicted molar refractivity (Wildman–Crippen MR) is 172 cm³/mol.